The van der Waals surface area contributed by atoms with Crippen LogP contribution in [0.4, 0.5) is 0 Å². The fourth-order valence-electron chi connectivity index (χ4n) is 4.63. The minimum atomic E-state index is 0.551. The average Bonchev–Trinajstić information content (AvgIpc) is 2.38. The zero-order valence-corrected chi connectivity index (χ0v) is 10.2. The normalized spacial score (nSPS) is 56.1. The van der Waals surface area contributed by atoms with Gasteiger partial charge in [0.25, 0.3) is 0 Å². The van der Waals surface area contributed by atoms with Gasteiger partial charge in [-0.25, -0.2) is 0 Å². The summed E-state index contributed by atoms with van der Waals surface area (Å²) in [6.45, 7) is 17.3. The van der Waals surface area contributed by atoms with Gasteiger partial charge >= 0.3 is 0 Å². The third kappa shape index (κ3) is 0.714. The molecule has 0 aromatic heterocycles. The lowest BCUT2D eigenvalue weighted by Crippen LogP contribution is -2.32. The van der Waals surface area contributed by atoms with Gasteiger partial charge in [-0.15, -0.1) is 0 Å². The summed E-state index contributed by atoms with van der Waals surface area (Å²) in [5.74, 6) is 2.72. The topological polar surface area (TPSA) is 0 Å². The fraction of sp³-hybridized carbons (Fsp3) is 1.00. The summed E-state index contributed by atoms with van der Waals surface area (Å²) in [6, 6.07) is 0. The standard InChI is InChI=1S/C13H24/c1-8-10-12(5,6)13(10,7)9(2)11(8,3)4/h8-10H,1-7H3. The molecule has 0 heterocycles. The molecular formula is C13H24. The Morgan fingerprint density at radius 1 is 0.846 bits per heavy atom. The SMILES string of the molecule is CC1C2C(C)(C)C2(C)C(C)C1(C)C. The molecule has 2 saturated carbocycles. The van der Waals surface area contributed by atoms with Crippen molar-refractivity contribution in [2.75, 3.05) is 0 Å². The van der Waals surface area contributed by atoms with E-state index < -0.39 is 0 Å². The Kier molecular flexibility index (Phi) is 1.46. The molecule has 4 unspecified atom stereocenters. The van der Waals surface area contributed by atoms with Crippen LogP contribution < -0.4 is 0 Å². The van der Waals surface area contributed by atoms with E-state index in [0.717, 1.165) is 17.8 Å². The van der Waals surface area contributed by atoms with Gasteiger partial charge in [-0.3, -0.25) is 0 Å². The van der Waals surface area contributed by atoms with Gasteiger partial charge in [0, 0.05) is 0 Å². The van der Waals surface area contributed by atoms with Gasteiger partial charge < -0.3 is 0 Å². The average molecular weight is 180 g/mol. The maximum absolute atomic E-state index is 2.51. The van der Waals surface area contributed by atoms with Crippen molar-refractivity contribution < 1.29 is 0 Å². The van der Waals surface area contributed by atoms with Crippen LogP contribution in [-0.4, -0.2) is 0 Å². The van der Waals surface area contributed by atoms with E-state index in [9.17, 15) is 0 Å². The Morgan fingerprint density at radius 3 is 1.54 bits per heavy atom. The van der Waals surface area contributed by atoms with E-state index in [-0.39, 0.29) is 0 Å². The second-order valence-electron chi connectivity index (χ2n) is 6.81. The van der Waals surface area contributed by atoms with Crippen LogP contribution in [0.1, 0.15) is 48.5 Å². The van der Waals surface area contributed by atoms with Gasteiger partial charge in [-0.2, -0.15) is 0 Å². The third-order valence-corrected chi connectivity index (χ3v) is 6.42. The summed E-state index contributed by atoms with van der Waals surface area (Å²) >= 11 is 0. The van der Waals surface area contributed by atoms with Crippen LogP contribution in [-0.2, 0) is 0 Å². The van der Waals surface area contributed by atoms with Crippen molar-refractivity contribution >= 4 is 0 Å². The van der Waals surface area contributed by atoms with Gasteiger partial charge in [-0.05, 0) is 34.0 Å². The van der Waals surface area contributed by atoms with Crippen LogP contribution in [0, 0.1) is 34.0 Å². The molecule has 4 atom stereocenters. The van der Waals surface area contributed by atoms with E-state index in [4.69, 9.17) is 0 Å². The van der Waals surface area contributed by atoms with Gasteiger partial charge in [0.1, 0.15) is 0 Å². The lowest BCUT2D eigenvalue weighted by atomic mass is 9.67. The summed E-state index contributed by atoms with van der Waals surface area (Å²) in [4.78, 5) is 0. The Hall–Kier alpha value is 0. The van der Waals surface area contributed by atoms with Crippen LogP contribution in [0.15, 0.2) is 0 Å². The molecule has 0 bridgehead atoms. The Balaban J connectivity index is 2.40. The highest BCUT2D eigenvalue weighted by molar-refractivity contribution is 5.26. The molecule has 0 spiro atoms. The van der Waals surface area contributed by atoms with Crippen LogP contribution in [0.25, 0.3) is 0 Å². The summed E-state index contributed by atoms with van der Waals surface area (Å²) in [7, 11) is 0. The molecule has 76 valence electrons. The van der Waals surface area contributed by atoms with Crippen LogP contribution in [0.5, 0.6) is 0 Å². The number of rotatable bonds is 0. The highest BCUT2D eigenvalue weighted by Gasteiger charge is 2.78. The van der Waals surface area contributed by atoms with Gasteiger partial charge in [-0.1, -0.05) is 48.5 Å². The van der Waals surface area contributed by atoms with Crippen molar-refractivity contribution in [1.29, 1.82) is 0 Å². The highest BCUT2D eigenvalue weighted by atomic mass is 14.8. The first kappa shape index (κ1) is 9.55. The number of hydrogen-bond acceptors (Lipinski definition) is 0. The van der Waals surface area contributed by atoms with Crippen molar-refractivity contribution in [2.45, 2.75) is 48.5 Å². The molecule has 0 heteroatoms. The fourth-order valence-corrected chi connectivity index (χ4v) is 4.63. The number of fused-ring (bicyclic) bond motifs is 1. The second-order valence-corrected chi connectivity index (χ2v) is 6.81. The lowest BCUT2D eigenvalue weighted by Gasteiger charge is -2.38. The van der Waals surface area contributed by atoms with Gasteiger partial charge in [0.05, 0.1) is 0 Å². The van der Waals surface area contributed by atoms with Crippen LogP contribution >= 0.6 is 0 Å². The minimum absolute atomic E-state index is 0.551. The minimum Gasteiger partial charge on any atom is -0.0617 e. The molecule has 0 nitrogen and oxygen atoms in total. The molecule has 0 radical (unpaired) electrons. The van der Waals surface area contributed by atoms with E-state index in [1.807, 2.05) is 0 Å². The summed E-state index contributed by atoms with van der Waals surface area (Å²) in [5, 5.41) is 0. The number of hydrogen-bond donors (Lipinski definition) is 0. The predicted molar refractivity (Wildman–Crippen MR) is 57.5 cm³/mol. The zero-order valence-electron chi connectivity index (χ0n) is 10.2. The van der Waals surface area contributed by atoms with Crippen LogP contribution in [0.3, 0.4) is 0 Å². The molecule has 2 aliphatic rings. The van der Waals surface area contributed by atoms with Crippen LogP contribution in [0.2, 0.25) is 0 Å². The largest absolute Gasteiger partial charge is 0.0617 e. The molecule has 13 heavy (non-hydrogen) atoms. The van der Waals surface area contributed by atoms with Crippen molar-refractivity contribution in [2.24, 2.45) is 34.0 Å². The first-order valence-electron chi connectivity index (χ1n) is 5.68. The first-order chi connectivity index (χ1) is 5.68. The van der Waals surface area contributed by atoms with Crippen molar-refractivity contribution in [3.05, 3.63) is 0 Å². The Bertz CT molecular complexity index is 245. The first-order valence-corrected chi connectivity index (χ1v) is 5.68. The summed E-state index contributed by atoms with van der Waals surface area (Å²) in [6.07, 6.45) is 0. The monoisotopic (exact) mass is 180 g/mol. The molecule has 0 aliphatic heterocycles. The van der Waals surface area contributed by atoms with E-state index in [2.05, 4.69) is 48.5 Å². The van der Waals surface area contributed by atoms with E-state index in [1.54, 1.807) is 0 Å². The smallest absolute Gasteiger partial charge is 0.0204 e. The van der Waals surface area contributed by atoms with E-state index >= 15 is 0 Å². The van der Waals surface area contributed by atoms with E-state index in [0.29, 0.717) is 16.2 Å². The molecule has 0 aromatic carbocycles. The van der Waals surface area contributed by atoms with Crippen molar-refractivity contribution in [3.8, 4) is 0 Å². The molecule has 0 amide bonds. The second kappa shape index (κ2) is 1.99. The predicted octanol–water partition coefficient (Wildman–Crippen LogP) is 3.96. The van der Waals surface area contributed by atoms with E-state index in [1.165, 1.54) is 0 Å². The molecule has 2 fully saturated rings. The highest BCUT2D eigenvalue weighted by Crippen LogP contribution is 2.83. The maximum Gasteiger partial charge on any atom is -0.0204 e. The molecule has 0 saturated heterocycles. The maximum atomic E-state index is 2.51. The summed E-state index contributed by atoms with van der Waals surface area (Å²) < 4.78 is 0. The Labute approximate surface area is 83.1 Å². The zero-order chi connectivity index (χ0) is 10.2. The van der Waals surface area contributed by atoms with Crippen molar-refractivity contribution in [3.63, 3.8) is 0 Å². The van der Waals surface area contributed by atoms with Crippen molar-refractivity contribution in [1.82, 2.24) is 0 Å². The lowest BCUT2D eigenvalue weighted by molar-refractivity contribution is 0.102. The Morgan fingerprint density at radius 2 is 1.31 bits per heavy atom. The summed E-state index contributed by atoms with van der Waals surface area (Å²) in [5.41, 5.74) is 1.77. The third-order valence-electron chi connectivity index (χ3n) is 6.42. The van der Waals surface area contributed by atoms with Gasteiger partial charge in [0.2, 0.25) is 0 Å². The quantitative estimate of drug-likeness (QED) is 0.529. The molecular weight excluding hydrogens is 156 g/mol. The molecule has 0 aromatic rings. The molecule has 2 rings (SSSR count). The molecule has 0 N–H and O–H groups in total. The molecule has 2 aliphatic carbocycles. The van der Waals surface area contributed by atoms with Gasteiger partial charge in [0.15, 0.2) is 0 Å².